The standard InChI is InChI=1S/C9H5BrClN3OS/c10-7-4-6(9(15)16)14(13-7)8-5(11)2-1-3-12-8/h1-4H,(H,15,16). The molecule has 2 aromatic heterocycles. The van der Waals surface area contributed by atoms with Gasteiger partial charge < -0.3 is 0 Å². The van der Waals surface area contributed by atoms with E-state index >= 15 is 0 Å². The quantitative estimate of drug-likeness (QED) is 0.866. The number of thiol groups is 1. The zero-order valence-corrected chi connectivity index (χ0v) is 11.0. The number of aromatic nitrogens is 3. The smallest absolute Gasteiger partial charge is 0.234 e. The van der Waals surface area contributed by atoms with Crippen molar-refractivity contribution >= 4 is 45.3 Å². The molecule has 16 heavy (non-hydrogen) atoms. The van der Waals surface area contributed by atoms with Crippen LogP contribution in [0.4, 0.5) is 0 Å². The molecule has 0 bridgehead atoms. The maximum Gasteiger partial charge on any atom is 0.234 e. The highest BCUT2D eigenvalue weighted by Crippen LogP contribution is 2.21. The van der Waals surface area contributed by atoms with Gasteiger partial charge in [0.2, 0.25) is 5.12 Å². The second-order valence-corrected chi connectivity index (χ2v) is 4.50. The summed E-state index contributed by atoms with van der Waals surface area (Å²) in [5.41, 5.74) is 0.302. The van der Waals surface area contributed by atoms with E-state index in [-0.39, 0.29) is 0 Å². The van der Waals surface area contributed by atoms with Crippen LogP contribution in [0.2, 0.25) is 5.02 Å². The zero-order chi connectivity index (χ0) is 11.7. The molecule has 2 rings (SSSR count). The first-order valence-corrected chi connectivity index (χ1v) is 5.81. The summed E-state index contributed by atoms with van der Waals surface area (Å²) in [6, 6.07) is 4.93. The molecule has 7 heteroatoms. The number of halogens is 2. The first kappa shape index (κ1) is 11.6. The summed E-state index contributed by atoms with van der Waals surface area (Å²) >= 11 is 12.9. The van der Waals surface area contributed by atoms with Crippen molar-refractivity contribution in [1.82, 2.24) is 14.8 Å². The van der Waals surface area contributed by atoms with Crippen molar-refractivity contribution in [2.24, 2.45) is 0 Å². The lowest BCUT2D eigenvalue weighted by Gasteiger charge is -2.04. The van der Waals surface area contributed by atoms with Crippen molar-refractivity contribution in [2.45, 2.75) is 0 Å². The molecule has 0 aromatic carbocycles. The first-order valence-electron chi connectivity index (χ1n) is 4.19. The predicted octanol–water partition coefficient (Wildman–Crippen LogP) is 2.75. The third kappa shape index (κ3) is 2.14. The average molecular weight is 319 g/mol. The number of rotatable bonds is 2. The van der Waals surface area contributed by atoms with Crippen LogP contribution in [0.3, 0.4) is 0 Å². The summed E-state index contributed by atoms with van der Waals surface area (Å²) in [6.07, 6.45) is 1.57. The van der Waals surface area contributed by atoms with Gasteiger partial charge in [-0.15, -0.1) is 0 Å². The number of nitrogens with zero attached hydrogens (tertiary/aromatic N) is 3. The number of carbonyl (C=O) groups is 1. The number of carbonyl (C=O) groups excluding carboxylic acids is 1. The molecule has 2 heterocycles. The van der Waals surface area contributed by atoms with Crippen LogP contribution in [0.25, 0.3) is 5.82 Å². The summed E-state index contributed by atoms with van der Waals surface area (Å²) in [4.78, 5) is 15.3. The van der Waals surface area contributed by atoms with E-state index in [1.807, 2.05) is 0 Å². The van der Waals surface area contributed by atoms with Crippen LogP contribution in [-0.4, -0.2) is 19.9 Å². The van der Waals surface area contributed by atoms with Gasteiger partial charge >= 0.3 is 0 Å². The van der Waals surface area contributed by atoms with Gasteiger partial charge in [-0.3, -0.25) is 4.79 Å². The van der Waals surface area contributed by atoms with Crippen LogP contribution >= 0.6 is 40.2 Å². The van der Waals surface area contributed by atoms with Crippen molar-refractivity contribution in [3.8, 4) is 5.82 Å². The van der Waals surface area contributed by atoms with Gasteiger partial charge in [-0.05, 0) is 28.1 Å². The topological polar surface area (TPSA) is 47.8 Å². The third-order valence-corrected chi connectivity index (χ3v) is 2.75. The van der Waals surface area contributed by atoms with Gasteiger partial charge in [0.15, 0.2) is 5.82 Å². The van der Waals surface area contributed by atoms with Crippen LogP contribution in [0.5, 0.6) is 0 Å². The highest BCUT2D eigenvalue weighted by Gasteiger charge is 2.15. The van der Waals surface area contributed by atoms with Crippen LogP contribution in [0.15, 0.2) is 29.0 Å². The molecule has 0 radical (unpaired) electrons. The fraction of sp³-hybridized carbons (Fsp3) is 0. The summed E-state index contributed by atoms with van der Waals surface area (Å²) in [7, 11) is 0. The molecule has 0 spiro atoms. The highest BCUT2D eigenvalue weighted by atomic mass is 79.9. The molecule has 4 nitrogen and oxygen atoms in total. The molecule has 0 aliphatic carbocycles. The molecule has 0 saturated carbocycles. The van der Waals surface area contributed by atoms with Crippen LogP contribution in [0, 0.1) is 0 Å². The van der Waals surface area contributed by atoms with Crippen molar-refractivity contribution in [3.05, 3.63) is 39.7 Å². The Labute approximate surface area is 110 Å². The van der Waals surface area contributed by atoms with E-state index in [9.17, 15) is 4.79 Å². The second kappa shape index (κ2) is 4.57. The zero-order valence-electron chi connectivity index (χ0n) is 7.76. The van der Waals surface area contributed by atoms with Crippen LogP contribution < -0.4 is 0 Å². The lowest BCUT2D eigenvalue weighted by atomic mass is 10.4. The maximum absolute atomic E-state index is 11.3. The van der Waals surface area contributed by atoms with Crippen LogP contribution in [-0.2, 0) is 0 Å². The van der Waals surface area contributed by atoms with E-state index < -0.39 is 5.12 Å². The van der Waals surface area contributed by atoms with Crippen molar-refractivity contribution in [2.75, 3.05) is 0 Å². The number of pyridine rings is 1. The fourth-order valence-electron chi connectivity index (χ4n) is 1.20. The molecule has 0 atom stereocenters. The third-order valence-electron chi connectivity index (χ3n) is 1.84. The van der Waals surface area contributed by atoms with Gasteiger partial charge in [-0.25, -0.2) is 9.67 Å². The van der Waals surface area contributed by atoms with E-state index in [1.54, 1.807) is 24.4 Å². The normalized spacial score (nSPS) is 10.4. The number of hydrogen-bond donors (Lipinski definition) is 1. The Morgan fingerprint density at radius 3 is 2.94 bits per heavy atom. The SMILES string of the molecule is O=C(S)c1cc(Br)nn1-c1ncccc1Cl. The highest BCUT2D eigenvalue weighted by molar-refractivity contribution is 9.10. The summed E-state index contributed by atoms with van der Waals surface area (Å²) in [5, 5.41) is 4.09. The summed E-state index contributed by atoms with van der Waals surface area (Å²) < 4.78 is 1.87. The van der Waals surface area contributed by atoms with Gasteiger partial charge in [0.05, 0.1) is 5.02 Å². The Morgan fingerprint density at radius 1 is 1.56 bits per heavy atom. The average Bonchev–Trinajstić information content (AvgIpc) is 2.61. The molecule has 2 aromatic rings. The van der Waals surface area contributed by atoms with Gasteiger partial charge in [0.25, 0.3) is 0 Å². The molecular formula is C9H5BrClN3OS. The molecule has 0 N–H and O–H groups in total. The molecule has 0 saturated heterocycles. The largest absolute Gasteiger partial charge is 0.280 e. The minimum Gasteiger partial charge on any atom is -0.280 e. The molecule has 0 aliphatic rings. The first-order chi connectivity index (χ1) is 7.59. The minimum atomic E-state index is -0.403. The summed E-state index contributed by atoms with van der Waals surface area (Å²) in [5.74, 6) is 0.396. The molecule has 0 unspecified atom stereocenters. The second-order valence-electron chi connectivity index (χ2n) is 2.88. The molecule has 0 aliphatic heterocycles. The number of hydrogen-bond acceptors (Lipinski definition) is 3. The molecular weight excluding hydrogens is 314 g/mol. The van der Waals surface area contributed by atoms with E-state index in [0.717, 1.165) is 0 Å². The predicted molar refractivity (Wildman–Crippen MR) is 67.4 cm³/mol. The van der Waals surface area contributed by atoms with Gasteiger partial charge in [0.1, 0.15) is 10.3 Å². The van der Waals surface area contributed by atoms with E-state index in [4.69, 9.17) is 11.6 Å². The minimum absolute atomic E-state index is 0.302. The lowest BCUT2D eigenvalue weighted by Crippen LogP contribution is -2.07. The van der Waals surface area contributed by atoms with E-state index in [2.05, 4.69) is 38.6 Å². The lowest BCUT2D eigenvalue weighted by molar-refractivity contribution is 0.108. The Balaban J connectivity index is 2.64. The van der Waals surface area contributed by atoms with Crippen molar-refractivity contribution < 1.29 is 4.79 Å². The maximum atomic E-state index is 11.3. The molecule has 0 amide bonds. The Hall–Kier alpha value is -0.850. The molecule has 82 valence electrons. The Morgan fingerprint density at radius 2 is 2.31 bits per heavy atom. The fourth-order valence-corrected chi connectivity index (χ4v) is 1.94. The summed E-state index contributed by atoms with van der Waals surface area (Å²) in [6.45, 7) is 0. The van der Waals surface area contributed by atoms with Gasteiger partial charge in [0, 0.05) is 12.3 Å². The van der Waals surface area contributed by atoms with E-state index in [0.29, 0.717) is 21.1 Å². The van der Waals surface area contributed by atoms with Crippen molar-refractivity contribution in [3.63, 3.8) is 0 Å². The van der Waals surface area contributed by atoms with Crippen molar-refractivity contribution in [1.29, 1.82) is 0 Å². The van der Waals surface area contributed by atoms with Crippen LogP contribution in [0.1, 0.15) is 10.5 Å². The Bertz CT molecular complexity index is 557. The Kier molecular flexibility index (Phi) is 3.32. The monoisotopic (exact) mass is 317 g/mol. The van der Waals surface area contributed by atoms with Gasteiger partial charge in [-0.2, -0.15) is 5.10 Å². The van der Waals surface area contributed by atoms with Gasteiger partial charge in [-0.1, -0.05) is 24.2 Å². The van der Waals surface area contributed by atoms with E-state index in [1.165, 1.54) is 4.68 Å². The molecule has 0 fully saturated rings.